The van der Waals surface area contributed by atoms with Crippen LogP contribution in [-0.2, 0) is 19.9 Å². The van der Waals surface area contributed by atoms with Crippen LogP contribution in [-0.4, -0.2) is 47.7 Å². The Bertz CT molecular complexity index is 1630. The van der Waals surface area contributed by atoms with Crippen molar-refractivity contribution >= 4 is 54.3 Å². The van der Waals surface area contributed by atoms with Gasteiger partial charge in [0, 0.05) is 23.9 Å². The van der Waals surface area contributed by atoms with Crippen LogP contribution in [0.5, 0.6) is 11.5 Å². The van der Waals surface area contributed by atoms with Crippen LogP contribution in [0.25, 0.3) is 0 Å². The Morgan fingerprint density at radius 1 is 1.00 bits per heavy atom. The van der Waals surface area contributed by atoms with Crippen LogP contribution in [0.2, 0.25) is 0 Å². The molecule has 0 unspecified atom stereocenters. The molecule has 0 spiro atoms. The number of Topliss-reactive ketones (excluding diaryl/α,β-unsaturated/α-hetero) is 1. The maximum absolute atomic E-state index is 14.3. The normalized spacial score (nSPS) is 11.9. The second-order valence-corrected chi connectivity index (χ2v) is 13.4. The maximum Gasteiger partial charge on any atom is 0.271 e. The van der Waals surface area contributed by atoms with E-state index in [0.29, 0.717) is 18.7 Å². The minimum Gasteiger partial charge on any atom is -0.496 e. The molecule has 0 atom stereocenters. The van der Waals surface area contributed by atoms with Gasteiger partial charge in [-0.05, 0) is 38.0 Å². The number of unbranched alkanes of at least 4 members (excludes halogenated alkanes) is 1. The van der Waals surface area contributed by atoms with E-state index < -0.39 is 56.5 Å². The summed E-state index contributed by atoms with van der Waals surface area (Å²) in [5, 5.41) is -1.52. The summed E-state index contributed by atoms with van der Waals surface area (Å²) in [5.74, 6) is -4.98. The van der Waals surface area contributed by atoms with Crippen LogP contribution in [0.1, 0.15) is 35.2 Å². The van der Waals surface area contributed by atoms with Gasteiger partial charge in [-0.25, -0.2) is 30.6 Å². The number of hydrogen-bond acceptors (Lipinski definition) is 9. The quantitative estimate of drug-likeness (QED) is 0.127. The molecule has 0 aliphatic carbocycles. The van der Waals surface area contributed by atoms with E-state index in [2.05, 4.69) is 9.71 Å². The number of halogens is 4. The highest BCUT2D eigenvalue weighted by atomic mass is 35.5. The Labute approximate surface area is 231 Å². The number of carbonyl (C=O) groups excluding carboxylic acids is 1. The maximum atomic E-state index is 14.3. The van der Waals surface area contributed by atoms with Crippen molar-refractivity contribution < 1.29 is 44.3 Å². The summed E-state index contributed by atoms with van der Waals surface area (Å²) in [4.78, 5) is 15.8. The lowest BCUT2D eigenvalue weighted by Gasteiger charge is -2.15. The molecule has 0 aliphatic rings. The highest BCUT2D eigenvalue weighted by molar-refractivity contribution is 7.96. The standard InChI is InChI=1S/C23H22ClF3N2O7S3/c1-12-20(25)21(26)23(28-22(12)27)38(31,32)18-7-8-19(37-18)39(33,34)29-14-10-13(15(30)6-4-5-9-24)16(35-2)11-17(14)36-3/h7-8,10-11,29H,4-6,9H2,1-3H3. The van der Waals surface area contributed by atoms with Crippen molar-refractivity contribution in [3.63, 3.8) is 0 Å². The number of pyridine rings is 1. The molecule has 39 heavy (non-hydrogen) atoms. The Hall–Kier alpha value is -2.88. The second kappa shape index (κ2) is 12.1. The summed E-state index contributed by atoms with van der Waals surface area (Å²) in [5.41, 5.74) is -0.882. The van der Waals surface area contributed by atoms with Gasteiger partial charge in [0.15, 0.2) is 17.4 Å². The fourth-order valence-corrected chi connectivity index (χ4v) is 7.70. The number of nitrogens with zero attached hydrogens (tertiary/aromatic N) is 1. The number of methoxy groups -OCH3 is 2. The Morgan fingerprint density at radius 2 is 1.64 bits per heavy atom. The van der Waals surface area contributed by atoms with Crippen molar-refractivity contribution in [3.05, 3.63) is 53.0 Å². The first-order valence-electron chi connectivity index (χ1n) is 11.0. The Morgan fingerprint density at radius 3 is 2.26 bits per heavy atom. The molecule has 3 aromatic rings. The number of ketones is 1. The molecule has 0 saturated carbocycles. The monoisotopic (exact) mass is 626 g/mol. The zero-order chi connectivity index (χ0) is 29.1. The predicted octanol–water partition coefficient (Wildman–Crippen LogP) is 5.11. The predicted molar refractivity (Wildman–Crippen MR) is 138 cm³/mol. The third-order valence-electron chi connectivity index (χ3n) is 5.41. The van der Waals surface area contributed by atoms with Gasteiger partial charge in [0.1, 0.15) is 19.9 Å². The second-order valence-electron chi connectivity index (χ2n) is 7.97. The Kier molecular flexibility index (Phi) is 9.51. The highest BCUT2D eigenvalue weighted by Crippen LogP contribution is 2.37. The van der Waals surface area contributed by atoms with Crippen molar-refractivity contribution in [2.75, 3.05) is 24.8 Å². The van der Waals surface area contributed by atoms with Gasteiger partial charge in [-0.2, -0.15) is 4.39 Å². The Balaban J connectivity index is 2.00. The third-order valence-corrected chi connectivity index (χ3v) is 10.8. The van der Waals surface area contributed by atoms with Gasteiger partial charge >= 0.3 is 0 Å². The van der Waals surface area contributed by atoms with Crippen molar-refractivity contribution in [2.45, 2.75) is 39.6 Å². The number of thiophene rings is 1. The van der Waals surface area contributed by atoms with E-state index in [4.69, 9.17) is 21.1 Å². The number of sulfone groups is 1. The number of aromatic nitrogens is 1. The third kappa shape index (κ3) is 6.31. The van der Waals surface area contributed by atoms with Crippen LogP contribution in [0.3, 0.4) is 0 Å². The number of hydrogen-bond donors (Lipinski definition) is 1. The molecule has 1 aromatic carbocycles. The van der Waals surface area contributed by atoms with Gasteiger partial charge in [-0.3, -0.25) is 9.52 Å². The van der Waals surface area contributed by atoms with Gasteiger partial charge < -0.3 is 9.47 Å². The average Bonchev–Trinajstić information content (AvgIpc) is 3.41. The number of benzene rings is 1. The largest absolute Gasteiger partial charge is 0.496 e. The van der Waals surface area contributed by atoms with Gasteiger partial charge in [-0.1, -0.05) is 0 Å². The van der Waals surface area contributed by atoms with E-state index in [9.17, 15) is 34.8 Å². The molecule has 2 heterocycles. The van der Waals surface area contributed by atoms with E-state index in [0.717, 1.165) is 19.1 Å². The molecule has 16 heteroatoms. The molecule has 0 bridgehead atoms. The van der Waals surface area contributed by atoms with E-state index in [1.54, 1.807) is 0 Å². The van der Waals surface area contributed by atoms with Crippen LogP contribution in [0, 0.1) is 24.5 Å². The van der Waals surface area contributed by atoms with Crippen LogP contribution in [0.4, 0.5) is 18.9 Å². The highest BCUT2D eigenvalue weighted by Gasteiger charge is 2.32. The smallest absolute Gasteiger partial charge is 0.271 e. The molecule has 9 nitrogen and oxygen atoms in total. The first-order chi connectivity index (χ1) is 18.3. The number of carbonyl (C=O) groups is 1. The first kappa shape index (κ1) is 30.7. The van der Waals surface area contributed by atoms with Gasteiger partial charge in [-0.15, -0.1) is 22.9 Å². The van der Waals surface area contributed by atoms with Crippen LogP contribution >= 0.6 is 22.9 Å². The molecule has 0 amide bonds. The zero-order valence-electron chi connectivity index (χ0n) is 20.7. The number of anilines is 1. The summed E-state index contributed by atoms with van der Waals surface area (Å²) in [6.45, 7) is 0.880. The number of sulfonamides is 1. The van der Waals surface area contributed by atoms with Crippen LogP contribution < -0.4 is 14.2 Å². The molecule has 0 fully saturated rings. The topological polar surface area (TPSA) is 129 Å². The van der Waals surface area contributed by atoms with Gasteiger partial charge in [0.25, 0.3) is 10.0 Å². The summed E-state index contributed by atoms with van der Waals surface area (Å²) >= 11 is 5.85. The summed E-state index contributed by atoms with van der Waals surface area (Å²) in [6.07, 6.45) is 1.21. The first-order valence-corrected chi connectivity index (χ1v) is 15.3. The molecule has 0 aliphatic heterocycles. The number of rotatable bonds is 12. The van der Waals surface area contributed by atoms with E-state index in [1.165, 1.54) is 26.4 Å². The number of alkyl halides is 1. The SMILES string of the molecule is COc1cc(OC)c(C(=O)CCCCCl)cc1NS(=O)(=O)c1ccc(S(=O)(=O)c2nc(F)c(C)c(F)c2F)s1. The van der Waals surface area contributed by atoms with Crippen molar-refractivity contribution in [1.29, 1.82) is 0 Å². The van der Waals surface area contributed by atoms with E-state index in [-0.39, 0.29) is 46.3 Å². The summed E-state index contributed by atoms with van der Waals surface area (Å²) in [6, 6.07) is 4.28. The lowest BCUT2D eigenvalue weighted by Crippen LogP contribution is -2.14. The minimum absolute atomic E-state index is 0.00555. The van der Waals surface area contributed by atoms with Crippen LogP contribution in [0.15, 0.2) is 37.7 Å². The molecular weight excluding hydrogens is 605 g/mol. The lowest BCUT2D eigenvalue weighted by molar-refractivity contribution is 0.0977. The van der Waals surface area contributed by atoms with Crippen molar-refractivity contribution in [2.24, 2.45) is 0 Å². The fraction of sp³-hybridized carbons (Fsp3) is 0.304. The fourth-order valence-electron chi connectivity index (χ4n) is 3.34. The van der Waals surface area contributed by atoms with Gasteiger partial charge in [0.2, 0.25) is 20.8 Å². The molecular formula is C23H22ClF3N2O7S3. The summed E-state index contributed by atoms with van der Waals surface area (Å²) in [7, 11) is -6.84. The number of nitrogens with one attached hydrogen (secondary N) is 1. The minimum atomic E-state index is -4.93. The molecule has 1 N–H and O–H groups in total. The van der Waals surface area contributed by atoms with E-state index in [1.807, 2.05) is 0 Å². The molecule has 0 saturated heterocycles. The lowest BCUT2D eigenvalue weighted by atomic mass is 10.0. The van der Waals surface area contributed by atoms with Crippen molar-refractivity contribution in [1.82, 2.24) is 4.98 Å². The zero-order valence-corrected chi connectivity index (χ0v) is 23.9. The van der Waals surface area contributed by atoms with Crippen molar-refractivity contribution in [3.8, 4) is 11.5 Å². The molecule has 0 radical (unpaired) electrons. The molecule has 2 aromatic heterocycles. The average molecular weight is 627 g/mol. The van der Waals surface area contributed by atoms with E-state index >= 15 is 0 Å². The number of ether oxygens (including phenoxy) is 2. The molecule has 212 valence electrons. The van der Waals surface area contributed by atoms with Gasteiger partial charge in [0.05, 0.1) is 25.5 Å². The molecule has 3 rings (SSSR count). The summed E-state index contributed by atoms with van der Waals surface area (Å²) < 4.78 is 106.